The molecule has 1 N–H and O–H groups in total. The largest absolute Gasteiger partial charge is 0.458 e. The van der Waals surface area contributed by atoms with Gasteiger partial charge in [0.2, 0.25) is 0 Å². The predicted molar refractivity (Wildman–Crippen MR) is 103 cm³/mol. The number of carbonyl (C=O) groups excluding carboxylic acids is 2. The van der Waals surface area contributed by atoms with Gasteiger partial charge in [-0.05, 0) is 80.0 Å². The van der Waals surface area contributed by atoms with Gasteiger partial charge in [-0.3, -0.25) is 9.59 Å². The van der Waals surface area contributed by atoms with Crippen LogP contribution >= 0.6 is 0 Å². The zero-order chi connectivity index (χ0) is 19.4. The highest BCUT2D eigenvalue weighted by molar-refractivity contribution is 5.85. The van der Waals surface area contributed by atoms with E-state index in [0.29, 0.717) is 17.8 Å². The van der Waals surface area contributed by atoms with Gasteiger partial charge in [0.25, 0.3) is 0 Å². The number of aliphatic hydroxyl groups excluding tert-OH is 1. The summed E-state index contributed by atoms with van der Waals surface area (Å²) >= 11 is 0. The third-order valence-electron chi connectivity index (χ3n) is 8.88. The second-order valence-electron chi connectivity index (χ2n) is 10.1. The first-order chi connectivity index (χ1) is 12.8. The van der Waals surface area contributed by atoms with Crippen molar-refractivity contribution >= 4 is 11.8 Å². The van der Waals surface area contributed by atoms with Gasteiger partial charge >= 0.3 is 5.97 Å². The smallest absolute Gasteiger partial charge is 0.303 e. The Morgan fingerprint density at radius 3 is 2.67 bits per heavy atom. The van der Waals surface area contributed by atoms with Crippen LogP contribution in [0.1, 0.15) is 72.1 Å². The molecule has 0 aliphatic heterocycles. The highest BCUT2D eigenvalue weighted by Crippen LogP contribution is 2.66. The zero-order valence-electron chi connectivity index (χ0n) is 17.0. The van der Waals surface area contributed by atoms with E-state index in [0.717, 1.165) is 44.9 Å². The van der Waals surface area contributed by atoms with Crippen molar-refractivity contribution < 1.29 is 19.4 Å². The minimum atomic E-state index is -0.371. The average molecular weight is 375 g/mol. The lowest BCUT2D eigenvalue weighted by Crippen LogP contribution is -2.51. The van der Waals surface area contributed by atoms with Crippen LogP contribution in [-0.4, -0.2) is 29.6 Å². The molecule has 4 heteroatoms. The maximum atomic E-state index is 12.8. The molecule has 0 radical (unpaired) electrons. The molecule has 4 aliphatic carbocycles. The summed E-state index contributed by atoms with van der Waals surface area (Å²) in [6.45, 7) is 6.06. The molecular formula is C23H34O4. The van der Waals surface area contributed by atoms with Gasteiger partial charge in [0.1, 0.15) is 6.61 Å². The molecule has 3 unspecified atom stereocenters. The van der Waals surface area contributed by atoms with Crippen molar-refractivity contribution in [2.24, 2.45) is 34.5 Å². The number of carbonyl (C=O) groups is 2. The number of fused-ring (bicyclic) bond motifs is 5. The number of ketones is 1. The molecule has 4 nitrogen and oxygen atoms in total. The summed E-state index contributed by atoms with van der Waals surface area (Å²) in [4.78, 5) is 23.9. The van der Waals surface area contributed by atoms with E-state index in [9.17, 15) is 14.7 Å². The molecule has 0 aromatic carbocycles. The first-order valence-corrected chi connectivity index (χ1v) is 10.8. The van der Waals surface area contributed by atoms with Crippen LogP contribution in [-0.2, 0) is 14.3 Å². The van der Waals surface area contributed by atoms with E-state index in [4.69, 9.17) is 4.74 Å². The Hall–Kier alpha value is -1.16. The Labute approximate surface area is 162 Å². The maximum absolute atomic E-state index is 12.8. The van der Waals surface area contributed by atoms with Gasteiger partial charge in [-0.25, -0.2) is 0 Å². The van der Waals surface area contributed by atoms with E-state index in [2.05, 4.69) is 19.9 Å². The molecule has 4 rings (SSSR count). The van der Waals surface area contributed by atoms with E-state index < -0.39 is 0 Å². The Bertz CT molecular complexity index is 667. The molecule has 0 heterocycles. The number of esters is 1. The number of allylic oxidation sites excluding steroid dienone is 1. The van der Waals surface area contributed by atoms with Crippen molar-refractivity contribution in [3.8, 4) is 0 Å². The first kappa shape index (κ1) is 19.2. The predicted octanol–water partition coefficient (Wildman–Crippen LogP) is 4.06. The molecule has 0 spiro atoms. The number of Topliss-reactive ketones (excluding diaryl/α,β-unsaturated/α-hetero) is 1. The molecule has 4 aliphatic rings. The number of ether oxygens (including phenoxy) is 1. The van der Waals surface area contributed by atoms with Gasteiger partial charge in [-0.15, -0.1) is 0 Å². The van der Waals surface area contributed by atoms with Crippen molar-refractivity contribution in [2.75, 3.05) is 6.61 Å². The molecule has 0 bridgehead atoms. The standard InChI is InChI=1S/C23H34O4/c1-14(24)27-13-21(26)20-7-6-18-17-5-4-15-12-16(25)8-10-22(15,2)19(17)9-11-23(18,20)3/h4,16-20,25H,5-13H2,1-3H3/t16-,17?,18?,19?,20+,22-,23-/m0/s1. The average Bonchev–Trinajstić information content (AvgIpc) is 2.97. The topological polar surface area (TPSA) is 63.6 Å². The van der Waals surface area contributed by atoms with Gasteiger partial charge < -0.3 is 9.84 Å². The second kappa shape index (κ2) is 6.72. The first-order valence-electron chi connectivity index (χ1n) is 10.8. The summed E-state index contributed by atoms with van der Waals surface area (Å²) in [6, 6.07) is 0. The summed E-state index contributed by atoms with van der Waals surface area (Å²) < 4.78 is 5.02. The van der Waals surface area contributed by atoms with E-state index in [1.165, 1.54) is 18.9 Å². The van der Waals surface area contributed by atoms with Crippen LogP contribution in [0.15, 0.2) is 11.6 Å². The van der Waals surface area contributed by atoms with Crippen molar-refractivity contribution in [2.45, 2.75) is 78.2 Å². The third-order valence-corrected chi connectivity index (χ3v) is 8.88. The molecule has 150 valence electrons. The number of hydrogen-bond donors (Lipinski definition) is 1. The number of aliphatic hydroxyl groups is 1. The minimum Gasteiger partial charge on any atom is -0.458 e. The minimum absolute atomic E-state index is 0.0363. The highest BCUT2D eigenvalue weighted by Gasteiger charge is 2.59. The normalized spacial score (nSPS) is 45.9. The Balaban J connectivity index is 1.55. The van der Waals surface area contributed by atoms with Crippen LogP contribution in [0.4, 0.5) is 0 Å². The molecule has 0 aromatic rings. The fourth-order valence-corrected chi connectivity index (χ4v) is 7.44. The molecule has 3 saturated carbocycles. The Kier molecular flexibility index (Phi) is 4.77. The van der Waals surface area contributed by atoms with Crippen LogP contribution in [0.3, 0.4) is 0 Å². The van der Waals surface area contributed by atoms with Gasteiger partial charge in [-0.1, -0.05) is 25.5 Å². The summed E-state index contributed by atoms with van der Waals surface area (Å²) in [7, 11) is 0. The summed E-state index contributed by atoms with van der Waals surface area (Å²) in [5.41, 5.74) is 1.78. The van der Waals surface area contributed by atoms with Crippen molar-refractivity contribution in [3.05, 3.63) is 11.6 Å². The highest BCUT2D eigenvalue weighted by atomic mass is 16.5. The zero-order valence-corrected chi connectivity index (χ0v) is 17.0. The molecular weight excluding hydrogens is 340 g/mol. The SMILES string of the molecule is CC(=O)OCC(=O)[C@H]1CCC2C3CC=C4C[C@@H](O)CC[C@]4(C)C3CC[C@@]21C. The van der Waals surface area contributed by atoms with E-state index in [1.807, 2.05) is 0 Å². The third kappa shape index (κ3) is 2.99. The molecule has 0 aromatic heterocycles. The van der Waals surface area contributed by atoms with E-state index in [1.54, 1.807) is 0 Å². The van der Waals surface area contributed by atoms with Crippen molar-refractivity contribution in [3.63, 3.8) is 0 Å². The Morgan fingerprint density at radius 1 is 1.15 bits per heavy atom. The van der Waals surface area contributed by atoms with E-state index >= 15 is 0 Å². The van der Waals surface area contributed by atoms with Gasteiger partial charge in [0.05, 0.1) is 6.10 Å². The fraction of sp³-hybridized carbons (Fsp3) is 0.826. The van der Waals surface area contributed by atoms with E-state index in [-0.39, 0.29) is 41.2 Å². The molecule has 3 fully saturated rings. The number of rotatable bonds is 3. The Morgan fingerprint density at radius 2 is 1.93 bits per heavy atom. The summed E-state index contributed by atoms with van der Waals surface area (Å²) in [6.07, 6.45) is 10.6. The lowest BCUT2D eigenvalue weighted by molar-refractivity contribution is -0.149. The molecule has 0 saturated heterocycles. The van der Waals surface area contributed by atoms with Crippen LogP contribution in [0, 0.1) is 34.5 Å². The molecule has 7 atom stereocenters. The van der Waals surface area contributed by atoms with Crippen LogP contribution in [0.2, 0.25) is 0 Å². The second-order valence-corrected chi connectivity index (χ2v) is 10.1. The van der Waals surface area contributed by atoms with Gasteiger partial charge in [0, 0.05) is 12.8 Å². The maximum Gasteiger partial charge on any atom is 0.303 e. The quantitative estimate of drug-likeness (QED) is 0.598. The van der Waals surface area contributed by atoms with Crippen LogP contribution in [0.5, 0.6) is 0 Å². The summed E-state index contributed by atoms with van der Waals surface area (Å²) in [5, 5.41) is 10.1. The lowest BCUT2D eigenvalue weighted by atomic mass is 9.47. The van der Waals surface area contributed by atoms with Crippen LogP contribution in [0.25, 0.3) is 0 Å². The monoisotopic (exact) mass is 374 g/mol. The van der Waals surface area contributed by atoms with Crippen molar-refractivity contribution in [1.29, 1.82) is 0 Å². The number of hydrogen-bond acceptors (Lipinski definition) is 4. The molecule has 0 amide bonds. The fourth-order valence-electron chi connectivity index (χ4n) is 7.44. The molecule has 27 heavy (non-hydrogen) atoms. The van der Waals surface area contributed by atoms with Crippen molar-refractivity contribution in [1.82, 2.24) is 0 Å². The summed E-state index contributed by atoms with van der Waals surface area (Å²) in [5.74, 6) is 1.71. The van der Waals surface area contributed by atoms with Gasteiger partial charge in [-0.2, -0.15) is 0 Å². The van der Waals surface area contributed by atoms with Crippen LogP contribution < -0.4 is 0 Å². The van der Waals surface area contributed by atoms with Gasteiger partial charge in [0.15, 0.2) is 5.78 Å². The lowest BCUT2D eigenvalue weighted by Gasteiger charge is -2.57.